The van der Waals surface area contributed by atoms with Gasteiger partial charge in [-0.15, -0.1) is 0 Å². The topological polar surface area (TPSA) is 25.8 Å². The quantitative estimate of drug-likeness (QED) is 0.354. The number of aryl methyl sites for hydroxylation is 2. The molecule has 2 heterocycles. The highest BCUT2D eigenvalue weighted by Crippen LogP contribution is 2.34. The summed E-state index contributed by atoms with van der Waals surface area (Å²) in [6, 6.07) is 8.54. The van der Waals surface area contributed by atoms with Gasteiger partial charge >= 0.3 is 0 Å². The van der Waals surface area contributed by atoms with E-state index < -0.39 is 0 Å². The molecular weight excluding hydrogens is 340 g/mol. The molecule has 0 unspecified atom stereocenters. The van der Waals surface area contributed by atoms with Crippen molar-refractivity contribution in [1.29, 1.82) is 0 Å². The second-order valence-corrected chi connectivity index (χ2v) is 6.79. The monoisotopic (exact) mass is 366 g/mol. The van der Waals surface area contributed by atoms with Gasteiger partial charge in [-0.3, -0.25) is 9.97 Å². The van der Waals surface area contributed by atoms with Crippen LogP contribution in [0.15, 0.2) is 73.9 Å². The van der Waals surface area contributed by atoms with Crippen LogP contribution < -0.4 is 0 Å². The molecule has 0 saturated heterocycles. The maximum atomic E-state index is 4.88. The van der Waals surface area contributed by atoms with Gasteiger partial charge in [0.1, 0.15) is 0 Å². The van der Waals surface area contributed by atoms with Gasteiger partial charge < -0.3 is 0 Å². The molecule has 2 aromatic heterocycles. The maximum Gasteiger partial charge on any atom is 0.0974 e. The summed E-state index contributed by atoms with van der Waals surface area (Å²) < 4.78 is 0. The fourth-order valence-electron chi connectivity index (χ4n) is 3.62. The van der Waals surface area contributed by atoms with Gasteiger partial charge in [-0.2, -0.15) is 0 Å². The first-order valence-electron chi connectivity index (χ1n) is 9.50. The Balaban J connectivity index is 2.48. The third-order valence-electron chi connectivity index (χ3n) is 4.81. The van der Waals surface area contributed by atoms with Gasteiger partial charge in [0.05, 0.1) is 11.0 Å². The first kappa shape index (κ1) is 19.5. The number of aromatic nitrogens is 2. The highest BCUT2D eigenvalue weighted by Gasteiger charge is 2.14. The summed E-state index contributed by atoms with van der Waals surface area (Å²) in [5.74, 6) is 0. The highest BCUT2D eigenvalue weighted by molar-refractivity contribution is 6.10. The molecular formula is C26H26N2. The van der Waals surface area contributed by atoms with E-state index in [1.807, 2.05) is 32.9 Å². The van der Waals surface area contributed by atoms with Crippen LogP contribution in [0.2, 0.25) is 0 Å². The molecule has 0 fully saturated rings. The molecule has 0 radical (unpaired) electrons. The Bertz CT molecular complexity index is 1170. The molecule has 0 aliphatic heterocycles. The number of hydrogen-bond donors (Lipinski definition) is 0. The first-order valence-corrected chi connectivity index (χ1v) is 9.50. The Kier molecular flexibility index (Phi) is 5.70. The third-order valence-corrected chi connectivity index (χ3v) is 4.81. The lowest BCUT2D eigenvalue weighted by Gasteiger charge is -2.14. The van der Waals surface area contributed by atoms with E-state index in [4.69, 9.17) is 9.97 Å². The molecule has 0 saturated carbocycles. The molecule has 0 bridgehead atoms. The van der Waals surface area contributed by atoms with Crippen molar-refractivity contribution in [2.75, 3.05) is 0 Å². The van der Waals surface area contributed by atoms with E-state index in [9.17, 15) is 0 Å². The summed E-state index contributed by atoms with van der Waals surface area (Å²) in [4.78, 5) is 9.74. The number of hydrogen-bond acceptors (Lipinski definition) is 2. The van der Waals surface area contributed by atoms with E-state index in [1.165, 1.54) is 11.1 Å². The zero-order chi connectivity index (χ0) is 20.3. The molecule has 140 valence electrons. The standard InChI is InChI=1S/C26H26N2/c1-7-11-19(9-3)23-15-17(5)27-25-21(23)13-14-22-24(20(10-4)12-8-2)16-18(6)28-26(22)25/h7-16H,1,3H2,2,4-6H3/b12-8-,19-11+,20-10+. The van der Waals surface area contributed by atoms with Gasteiger partial charge in [-0.25, -0.2) is 0 Å². The van der Waals surface area contributed by atoms with Gasteiger partial charge in [0, 0.05) is 22.2 Å². The molecule has 0 amide bonds. The van der Waals surface area contributed by atoms with Crippen LogP contribution in [0.4, 0.5) is 0 Å². The van der Waals surface area contributed by atoms with Gasteiger partial charge in [0.25, 0.3) is 0 Å². The summed E-state index contributed by atoms with van der Waals surface area (Å²) in [5, 5.41) is 2.18. The van der Waals surface area contributed by atoms with E-state index in [0.717, 1.165) is 44.3 Å². The Morgan fingerprint density at radius 2 is 1.39 bits per heavy atom. The number of nitrogens with zero attached hydrogens (tertiary/aromatic N) is 2. The lowest BCUT2D eigenvalue weighted by molar-refractivity contribution is 1.22. The highest BCUT2D eigenvalue weighted by atomic mass is 14.8. The first-order chi connectivity index (χ1) is 13.5. The molecule has 3 rings (SSSR count). The van der Waals surface area contributed by atoms with Crippen molar-refractivity contribution in [1.82, 2.24) is 9.97 Å². The Hall–Kier alpha value is -3.26. The smallest absolute Gasteiger partial charge is 0.0974 e. The molecule has 0 spiro atoms. The van der Waals surface area contributed by atoms with Crippen molar-refractivity contribution in [3.63, 3.8) is 0 Å². The molecule has 3 aromatic rings. The van der Waals surface area contributed by atoms with Gasteiger partial charge in [0.15, 0.2) is 0 Å². The molecule has 2 heteroatoms. The lowest BCUT2D eigenvalue weighted by Crippen LogP contribution is -1.97. The Morgan fingerprint density at radius 1 is 0.857 bits per heavy atom. The van der Waals surface area contributed by atoms with Crippen molar-refractivity contribution in [3.05, 3.63) is 96.4 Å². The van der Waals surface area contributed by atoms with Crippen LogP contribution in [0.5, 0.6) is 0 Å². The van der Waals surface area contributed by atoms with Gasteiger partial charge in [0.2, 0.25) is 0 Å². The minimum Gasteiger partial charge on any atom is -0.251 e. The SMILES string of the molecule is C=C/C=C(\C=C)c1cc(C)nc2c1ccc1c(C(/C=C\C)=C/C)cc(C)nc12. The largest absolute Gasteiger partial charge is 0.251 e. The van der Waals surface area contributed by atoms with Gasteiger partial charge in [-0.05, 0) is 62.1 Å². The van der Waals surface area contributed by atoms with E-state index in [2.05, 4.69) is 62.6 Å². The van der Waals surface area contributed by atoms with E-state index in [0.29, 0.717) is 0 Å². The van der Waals surface area contributed by atoms with Crippen LogP contribution in [0.25, 0.3) is 33.0 Å². The second-order valence-electron chi connectivity index (χ2n) is 6.79. The predicted molar refractivity (Wildman–Crippen MR) is 123 cm³/mol. The molecule has 0 atom stereocenters. The fourth-order valence-corrected chi connectivity index (χ4v) is 3.62. The molecule has 2 nitrogen and oxygen atoms in total. The zero-order valence-electron chi connectivity index (χ0n) is 17.1. The van der Waals surface area contributed by atoms with E-state index in [1.54, 1.807) is 6.08 Å². The van der Waals surface area contributed by atoms with Crippen LogP contribution in [-0.4, -0.2) is 9.97 Å². The van der Waals surface area contributed by atoms with Crippen molar-refractivity contribution < 1.29 is 0 Å². The molecule has 1 aromatic carbocycles. The number of benzene rings is 1. The van der Waals surface area contributed by atoms with Crippen LogP contribution in [0.3, 0.4) is 0 Å². The van der Waals surface area contributed by atoms with Crippen LogP contribution in [0, 0.1) is 13.8 Å². The normalized spacial score (nSPS) is 12.9. The summed E-state index contributed by atoms with van der Waals surface area (Å²) >= 11 is 0. The number of fused-ring (bicyclic) bond motifs is 3. The van der Waals surface area contributed by atoms with E-state index >= 15 is 0 Å². The maximum absolute atomic E-state index is 4.88. The predicted octanol–water partition coefficient (Wildman–Crippen LogP) is 7.13. The fraction of sp³-hybridized carbons (Fsp3) is 0.154. The molecule has 28 heavy (non-hydrogen) atoms. The third kappa shape index (κ3) is 3.46. The summed E-state index contributed by atoms with van der Waals surface area (Å²) in [5.41, 5.74) is 8.29. The average Bonchev–Trinajstić information content (AvgIpc) is 2.69. The van der Waals surface area contributed by atoms with Crippen LogP contribution in [-0.2, 0) is 0 Å². The molecule has 0 N–H and O–H groups in total. The Morgan fingerprint density at radius 3 is 1.82 bits per heavy atom. The minimum absolute atomic E-state index is 0.921. The minimum atomic E-state index is 0.921. The van der Waals surface area contributed by atoms with Crippen LogP contribution in [0.1, 0.15) is 36.4 Å². The van der Waals surface area contributed by atoms with E-state index in [-0.39, 0.29) is 0 Å². The summed E-state index contributed by atoms with van der Waals surface area (Å²) in [6.45, 7) is 16.0. The van der Waals surface area contributed by atoms with Crippen molar-refractivity contribution >= 4 is 33.0 Å². The lowest BCUT2D eigenvalue weighted by atomic mass is 9.95. The van der Waals surface area contributed by atoms with Gasteiger partial charge in [-0.1, -0.05) is 61.7 Å². The molecule has 0 aliphatic carbocycles. The summed E-state index contributed by atoms with van der Waals surface area (Å²) in [7, 11) is 0. The molecule has 0 aliphatic rings. The number of pyridine rings is 2. The zero-order valence-corrected chi connectivity index (χ0v) is 17.1. The van der Waals surface area contributed by atoms with Crippen molar-refractivity contribution in [2.45, 2.75) is 27.7 Å². The van der Waals surface area contributed by atoms with Crippen LogP contribution >= 0.6 is 0 Å². The van der Waals surface area contributed by atoms with Crippen molar-refractivity contribution in [2.24, 2.45) is 0 Å². The summed E-state index contributed by atoms with van der Waals surface area (Å²) in [6.07, 6.45) is 12.0. The van der Waals surface area contributed by atoms with Crippen molar-refractivity contribution in [3.8, 4) is 0 Å². The number of rotatable bonds is 5. The second kappa shape index (κ2) is 8.18. The Labute approximate surface area is 167 Å². The number of allylic oxidation sites excluding steroid dienone is 8. The average molecular weight is 367 g/mol.